The van der Waals surface area contributed by atoms with E-state index in [1.54, 1.807) is 23.7 Å². The van der Waals surface area contributed by atoms with Gasteiger partial charge in [0, 0.05) is 35.8 Å². The molecular weight excluding hydrogens is 268 g/mol. The molecule has 1 aliphatic heterocycles. The van der Waals surface area contributed by atoms with Crippen molar-refractivity contribution < 1.29 is 4.79 Å². The highest BCUT2D eigenvalue weighted by Gasteiger charge is 2.37. The Hall–Kier alpha value is -1.68. The Labute approximate surface area is 123 Å². The number of hydrogen-bond donors (Lipinski definition) is 0. The lowest BCUT2D eigenvalue weighted by molar-refractivity contribution is 0.0952. The molecule has 2 aromatic rings. The van der Waals surface area contributed by atoms with Crippen LogP contribution in [0.4, 0.5) is 5.69 Å². The Morgan fingerprint density at radius 2 is 2.05 bits per heavy atom. The molecule has 0 saturated heterocycles. The SMILES string of the molecule is CCN1c2cc(-c3ccncc3)sc2C(=O)CC1(C)C. The van der Waals surface area contributed by atoms with Crippen molar-refractivity contribution in [2.24, 2.45) is 0 Å². The molecule has 0 unspecified atom stereocenters. The van der Waals surface area contributed by atoms with E-state index in [1.165, 1.54) is 0 Å². The zero-order valence-corrected chi connectivity index (χ0v) is 12.8. The van der Waals surface area contributed by atoms with Gasteiger partial charge in [0.25, 0.3) is 0 Å². The van der Waals surface area contributed by atoms with Gasteiger partial charge in [-0.05, 0) is 44.5 Å². The van der Waals surface area contributed by atoms with Crippen molar-refractivity contribution in [3.8, 4) is 10.4 Å². The van der Waals surface area contributed by atoms with Crippen molar-refractivity contribution in [1.82, 2.24) is 4.98 Å². The summed E-state index contributed by atoms with van der Waals surface area (Å²) < 4.78 is 0. The number of fused-ring (bicyclic) bond motifs is 1. The number of pyridine rings is 1. The first-order valence-corrected chi connectivity index (χ1v) is 7.69. The van der Waals surface area contributed by atoms with Crippen molar-refractivity contribution in [1.29, 1.82) is 0 Å². The third-order valence-corrected chi connectivity index (χ3v) is 5.08. The van der Waals surface area contributed by atoms with Crippen LogP contribution in [0.5, 0.6) is 0 Å². The van der Waals surface area contributed by atoms with Gasteiger partial charge in [-0.3, -0.25) is 9.78 Å². The van der Waals surface area contributed by atoms with Crippen molar-refractivity contribution >= 4 is 22.8 Å². The molecule has 0 fully saturated rings. The summed E-state index contributed by atoms with van der Waals surface area (Å²) in [6, 6.07) is 6.13. The lowest BCUT2D eigenvalue weighted by Gasteiger charge is -2.42. The number of Topliss-reactive ketones (excluding diaryl/α,β-unsaturated/α-hetero) is 1. The summed E-state index contributed by atoms with van der Waals surface area (Å²) >= 11 is 1.60. The molecule has 3 heterocycles. The summed E-state index contributed by atoms with van der Waals surface area (Å²) in [5, 5.41) is 0. The average molecular weight is 286 g/mol. The van der Waals surface area contributed by atoms with Crippen LogP contribution in [0.25, 0.3) is 10.4 Å². The Balaban J connectivity index is 2.12. The van der Waals surface area contributed by atoms with E-state index in [2.05, 4.69) is 36.7 Å². The Bertz CT molecular complexity index is 646. The van der Waals surface area contributed by atoms with Gasteiger partial charge in [0.15, 0.2) is 5.78 Å². The van der Waals surface area contributed by atoms with Crippen LogP contribution in [0.2, 0.25) is 0 Å². The fourth-order valence-corrected chi connectivity index (χ4v) is 4.04. The van der Waals surface area contributed by atoms with E-state index < -0.39 is 0 Å². The van der Waals surface area contributed by atoms with Crippen LogP contribution in [0, 0.1) is 0 Å². The van der Waals surface area contributed by atoms with Gasteiger partial charge in [-0.1, -0.05) is 0 Å². The zero-order valence-electron chi connectivity index (χ0n) is 12.0. The fourth-order valence-electron chi connectivity index (χ4n) is 2.93. The van der Waals surface area contributed by atoms with E-state index >= 15 is 0 Å². The van der Waals surface area contributed by atoms with Crippen LogP contribution < -0.4 is 4.90 Å². The molecule has 104 valence electrons. The Morgan fingerprint density at radius 3 is 2.70 bits per heavy atom. The molecule has 0 radical (unpaired) electrons. The second-order valence-corrected chi connectivity index (χ2v) is 6.77. The topological polar surface area (TPSA) is 33.2 Å². The minimum Gasteiger partial charge on any atom is -0.365 e. The maximum absolute atomic E-state index is 12.4. The molecule has 0 saturated carbocycles. The largest absolute Gasteiger partial charge is 0.365 e. The van der Waals surface area contributed by atoms with Crippen molar-refractivity contribution in [2.75, 3.05) is 11.4 Å². The van der Waals surface area contributed by atoms with E-state index in [-0.39, 0.29) is 11.3 Å². The van der Waals surface area contributed by atoms with Crippen LogP contribution >= 0.6 is 11.3 Å². The molecule has 2 aromatic heterocycles. The molecule has 0 atom stereocenters. The van der Waals surface area contributed by atoms with Gasteiger partial charge in [0.05, 0.1) is 10.6 Å². The number of anilines is 1. The molecule has 20 heavy (non-hydrogen) atoms. The average Bonchev–Trinajstić information content (AvgIpc) is 2.84. The van der Waals surface area contributed by atoms with Crippen LogP contribution in [-0.4, -0.2) is 22.9 Å². The minimum absolute atomic E-state index is 0.102. The molecule has 4 heteroatoms. The monoisotopic (exact) mass is 286 g/mol. The Morgan fingerprint density at radius 1 is 1.35 bits per heavy atom. The van der Waals surface area contributed by atoms with E-state index in [0.29, 0.717) is 6.42 Å². The van der Waals surface area contributed by atoms with Gasteiger partial charge < -0.3 is 4.90 Å². The third-order valence-electron chi connectivity index (χ3n) is 3.86. The second-order valence-electron chi connectivity index (χ2n) is 5.72. The molecule has 1 aliphatic rings. The van der Waals surface area contributed by atoms with Gasteiger partial charge in [-0.15, -0.1) is 11.3 Å². The van der Waals surface area contributed by atoms with Crippen molar-refractivity contribution in [3.05, 3.63) is 35.5 Å². The first-order valence-electron chi connectivity index (χ1n) is 6.88. The quantitative estimate of drug-likeness (QED) is 0.836. The van der Waals surface area contributed by atoms with Gasteiger partial charge in [0.1, 0.15) is 0 Å². The van der Waals surface area contributed by atoms with Crippen molar-refractivity contribution in [2.45, 2.75) is 32.7 Å². The normalized spacial score (nSPS) is 17.1. The summed E-state index contributed by atoms with van der Waals surface area (Å²) in [6.45, 7) is 7.34. The lowest BCUT2D eigenvalue weighted by Crippen LogP contribution is -2.48. The molecule has 0 spiro atoms. The fraction of sp³-hybridized carbons (Fsp3) is 0.375. The summed E-state index contributed by atoms with van der Waals surface area (Å²) in [6.07, 6.45) is 4.17. The van der Waals surface area contributed by atoms with Crippen LogP contribution in [0.1, 0.15) is 36.9 Å². The summed E-state index contributed by atoms with van der Waals surface area (Å²) in [5.74, 6) is 0.264. The van der Waals surface area contributed by atoms with E-state index in [9.17, 15) is 4.79 Å². The molecule has 0 bridgehead atoms. The Kier molecular flexibility index (Phi) is 3.13. The van der Waals surface area contributed by atoms with Gasteiger partial charge >= 0.3 is 0 Å². The van der Waals surface area contributed by atoms with Crippen molar-refractivity contribution in [3.63, 3.8) is 0 Å². The molecule has 0 N–H and O–H groups in total. The summed E-state index contributed by atoms with van der Waals surface area (Å²) in [5.41, 5.74) is 2.11. The standard InChI is InChI=1S/C16H18N2OS/c1-4-18-12-9-14(11-5-7-17-8-6-11)20-15(12)13(19)10-16(18,2)3/h5-9H,4,10H2,1-3H3. The van der Waals surface area contributed by atoms with Gasteiger partial charge in [0.2, 0.25) is 0 Å². The maximum atomic E-state index is 12.4. The number of carbonyl (C=O) groups is 1. The number of carbonyl (C=O) groups excluding carboxylic acids is 1. The second kappa shape index (κ2) is 4.70. The summed E-state index contributed by atoms with van der Waals surface area (Å²) in [4.78, 5) is 20.8. The molecular formula is C16H18N2OS. The summed E-state index contributed by atoms with van der Waals surface area (Å²) in [7, 11) is 0. The van der Waals surface area contributed by atoms with Crippen LogP contribution in [-0.2, 0) is 0 Å². The number of nitrogens with zero attached hydrogens (tertiary/aromatic N) is 2. The third kappa shape index (κ3) is 2.04. The van der Waals surface area contributed by atoms with Gasteiger partial charge in [-0.2, -0.15) is 0 Å². The van der Waals surface area contributed by atoms with E-state index in [0.717, 1.165) is 27.5 Å². The number of aromatic nitrogens is 1. The van der Waals surface area contributed by atoms with Gasteiger partial charge in [-0.25, -0.2) is 0 Å². The molecule has 0 amide bonds. The smallest absolute Gasteiger partial charge is 0.177 e. The molecule has 3 rings (SSSR count). The highest BCUT2D eigenvalue weighted by Crippen LogP contribution is 2.44. The number of hydrogen-bond acceptors (Lipinski definition) is 4. The maximum Gasteiger partial charge on any atom is 0.177 e. The lowest BCUT2D eigenvalue weighted by atomic mass is 9.89. The number of ketones is 1. The van der Waals surface area contributed by atoms with E-state index in [1.807, 2.05) is 12.1 Å². The first-order chi connectivity index (χ1) is 9.53. The molecule has 3 nitrogen and oxygen atoms in total. The van der Waals surface area contributed by atoms with Crippen LogP contribution in [0.3, 0.4) is 0 Å². The minimum atomic E-state index is -0.102. The molecule has 0 aliphatic carbocycles. The number of thiophene rings is 1. The number of rotatable bonds is 2. The predicted octanol–water partition coefficient (Wildman–Crippen LogP) is 4.00. The molecule has 0 aromatic carbocycles. The first kappa shape index (κ1) is 13.3. The highest BCUT2D eigenvalue weighted by atomic mass is 32.1. The highest BCUT2D eigenvalue weighted by molar-refractivity contribution is 7.18. The van der Waals surface area contributed by atoms with E-state index in [4.69, 9.17) is 0 Å². The zero-order chi connectivity index (χ0) is 14.3. The predicted molar refractivity (Wildman–Crippen MR) is 83.6 cm³/mol. The van der Waals surface area contributed by atoms with Crippen LogP contribution in [0.15, 0.2) is 30.6 Å².